The van der Waals surface area contributed by atoms with Crippen LogP contribution in [-0.4, -0.2) is 37.8 Å². The molecule has 1 aliphatic rings. The molecule has 3 rings (SSSR count). The standard InChI is InChI=1S/C19H21NO3S/c1-21-16-10-15(11-17(22-2)18(16)23-3)19(24)20-9-8-13-6-4-5-7-14(13)12-20/h4-7,10-11H,8-9,12H2,1-3H3. The molecule has 0 unspecified atom stereocenters. The van der Waals surface area contributed by atoms with Crippen molar-refractivity contribution in [2.45, 2.75) is 13.0 Å². The van der Waals surface area contributed by atoms with E-state index in [2.05, 4.69) is 29.2 Å². The van der Waals surface area contributed by atoms with Gasteiger partial charge < -0.3 is 19.1 Å². The maximum Gasteiger partial charge on any atom is 0.203 e. The van der Waals surface area contributed by atoms with Gasteiger partial charge in [0.25, 0.3) is 0 Å². The van der Waals surface area contributed by atoms with Crippen LogP contribution in [0.5, 0.6) is 17.2 Å². The Morgan fingerprint density at radius 1 is 0.958 bits per heavy atom. The molecule has 24 heavy (non-hydrogen) atoms. The van der Waals surface area contributed by atoms with Crippen LogP contribution in [0.1, 0.15) is 16.7 Å². The number of ether oxygens (including phenoxy) is 3. The number of hydrogen-bond donors (Lipinski definition) is 0. The van der Waals surface area contributed by atoms with Gasteiger partial charge in [-0.25, -0.2) is 0 Å². The van der Waals surface area contributed by atoms with Crippen molar-refractivity contribution in [1.29, 1.82) is 0 Å². The number of fused-ring (bicyclic) bond motifs is 1. The van der Waals surface area contributed by atoms with E-state index in [0.717, 1.165) is 30.1 Å². The van der Waals surface area contributed by atoms with Crippen molar-refractivity contribution in [2.75, 3.05) is 27.9 Å². The summed E-state index contributed by atoms with van der Waals surface area (Å²) in [7, 11) is 4.82. The summed E-state index contributed by atoms with van der Waals surface area (Å²) in [5, 5.41) is 0. The van der Waals surface area contributed by atoms with Crippen molar-refractivity contribution in [2.24, 2.45) is 0 Å². The Balaban J connectivity index is 1.91. The van der Waals surface area contributed by atoms with Crippen LogP contribution in [0.15, 0.2) is 36.4 Å². The number of nitrogens with zero attached hydrogens (tertiary/aromatic N) is 1. The average Bonchev–Trinajstić information content (AvgIpc) is 2.65. The maximum atomic E-state index is 5.74. The number of thiocarbonyl (C=S) groups is 1. The van der Waals surface area contributed by atoms with E-state index >= 15 is 0 Å². The molecule has 0 atom stereocenters. The third kappa shape index (κ3) is 3.04. The van der Waals surface area contributed by atoms with Gasteiger partial charge in [-0.2, -0.15) is 0 Å². The smallest absolute Gasteiger partial charge is 0.203 e. The van der Waals surface area contributed by atoms with E-state index in [9.17, 15) is 0 Å². The summed E-state index contributed by atoms with van der Waals surface area (Å²) in [4.78, 5) is 3.02. The van der Waals surface area contributed by atoms with E-state index in [1.165, 1.54) is 11.1 Å². The summed E-state index contributed by atoms with van der Waals surface area (Å²) in [5.74, 6) is 1.81. The lowest BCUT2D eigenvalue weighted by Gasteiger charge is -2.31. The van der Waals surface area contributed by atoms with Gasteiger partial charge >= 0.3 is 0 Å². The fourth-order valence-electron chi connectivity index (χ4n) is 3.06. The minimum atomic E-state index is 0.579. The number of rotatable bonds is 4. The summed E-state index contributed by atoms with van der Waals surface area (Å²) in [6, 6.07) is 12.3. The Labute approximate surface area is 147 Å². The zero-order chi connectivity index (χ0) is 17.1. The van der Waals surface area contributed by atoms with E-state index in [4.69, 9.17) is 26.4 Å². The molecule has 4 nitrogen and oxygen atoms in total. The molecule has 0 saturated carbocycles. The largest absolute Gasteiger partial charge is 0.493 e. The number of benzene rings is 2. The summed E-state index contributed by atoms with van der Waals surface area (Å²) >= 11 is 5.74. The van der Waals surface area contributed by atoms with Crippen molar-refractivity contribution < 1.29 is 14.2 Å². The highest BCUT2D eigenvalue weighted by atomic mass is 32.1. The van der Waals surface area contributed by atoms with Gasteiger partial charge in [-0.05, 0) is 29.7 Å². The highest BCUT2D eigenvalue weighted by molar-refractivity contribution is 7.80. The van der Waals surface area contributed by atoms with E-state index in [0.29, 0.717) is 17.2 Å². The van der Waals surface area contributed by atoms with Crippen LogP contribution in [0.4, 0.5) is 0 Å². The van der Waals surface area contributed by atoms with Crippen molar-refractivity contribution >= 4 is 17.2 Å². The van der Waals surface area contributed by atoms with Gasteiger partial charge in [0.1, 0.15) is 4.99 Å². The van der Waals surface area contributed by atoms with Gasteiger partial charge in [0.2, 0.25) is 5.75 Å². The minimum Gasteiger partial charge on any atom is -0.493 e. The molecule has 0 bridgehead atoms. The van der Waals surface area contributed by atoms with Gasteiger partial charge in [-0.15, -0.1) is 0 Å². The van der Waals surface area contributed by atoms with Crippen LogP contribution in [0.2, 0.25) is 0 Å². The fraction of sp³-hybridized carbons (Fsp3) is 0.316. The Hall–Kier alpha value is -2.27. The predicted molar refractivity (Wildman–Crippen MR) is 98.4 cm³/mol. The molecular weight excluding hydrogens is 322 g/mol. The average molecular weight is 343 g/mol. The SMILES string of the molecule is COc1cc(C(=S)N2CCc3ccccc3C2)cc(OC)c1OC. The Morgan fingerprint density at radius 3 is 2.17 bits per heavy atom. The predicted octanol–water partition coefficient (Wildman–Crippen LogP) is 3.45. The van der Waals surface area contributed by atoms with Crippen LogP contribution in [0.3, 0.4) is 0 Å². The molecule has 0 saturated heterocycles. The van der Waals surface area contributed by atoms with Crippen molar-refractivity contribution in [3.8, 4) is 17.2 Å². The molecular formula is C19H21NO3S. The topological polar surface area (TPSA) is 30.9 Å². The summed E-state index contributed by atoms with van der Waals surface area (Å²) in [6.45, 7) is 1.73. The monoisotopic (exact) mass is 343 g/mol. The first-order valence-electron chi connectivity index (χ1n) is 7.84. The van der Waals surface area contributed by atoms with Crippen LogP contribution >= 0.6 is 12.2 Å². The van der Waals surface area contributed by atoms with Crippen LogP contribution in [-0.2, 0) is 13.0 Å². The highest BCUT2D eigenvalue weighted by Crippen LogP contribution is 2.38. The Morgan fingerprint density at radius 2 is 1.58 bits per heavy atom. The maximum absolute atomic E-state index is 5.74. The van der Waals surface area contributed by atoms with Gasteiger partial charge in [0, 0.05) is 18.7 Å². The first-order chi connectivity index (χ1) is 11.7. The third-order valence-electron chi connectivity index (χ3n) is 4.33. The van der Waals surface area contributed by atoms with Gasteiger partial charge in [0.05, 0.1) is 21.3 Å². The fourth-order valence-corrected chi connectivity index (χ4v) is 3.33. The lowest BCUT2D eigenvalue weighted by molar-refractivity contribution is 0.324. The molecule has 0 N–H and O–H groups in total. The van der Waals surface area contributed by atoms with E-state index < -0.39 is 0 Å². The number of hydrogen-bond acceptors (Lipinski definition) is 4. The summed E-state index contributed by atoms with van der Waals surface area (Å²) < 4.78 is 16.2. The molecule has 1 heterocycles. The molecule has 0 amide bonds. The second-order valence-corrected chi connectivity index (χ2v) is 6.05. The van der Waals surface area contributed by atoms with Crippen LogP contribution in [0, 0.1) is 0 Å². The van der Waals surface area contributed by atoms with Crippen LogP contribution < -0.4 is 14.2 Å². The molecule has 1 aliphatic heterocycles. The summed E-state index contributed by atoms with van der Waals surface area (Å²) in [5.41, 5.74) is 3.64. The third-order valence-corrected chi connectivity index (χ3v) is 4.82. The first-order valence-corrected chi connectivity index (χ1v) is 8.24. The molecule has 0 spiro atoms. The second kappa shape index (κ2) is 7.09. The summed E-state index contributed by atoms with van der Waals surface area (Å²) in [6.07, 6.45) is 1.00. The highest BCUT2D eigenvalue weighted by Gasteiger charge is 2.21. The van der Waals surface area contributed by atoms with Gasteiger partial charge in [-0.3, -0.25) is 0 Å². The van der Waals surface area contributed by atoms with Crippen molar-refractivity contribution in [3.05, 3.63) is 53.1 Å². The number of methoxy groups -OCH3 is 3. The molecule has 5 heteroatoms. The molecule has 126 valence electrons. The minimum absolute atomic E-state index is 0.579. The van der Waals surface area contributed by atoms with Crippen molar-refractivity contribution in [3.63, 3.8) is 0 Å². The van der Waals surface area contributed by atoms with Gasteiger partial charge in [-0.1, -0.05) is 36.5 Å². The quantitative estimate of drug-likeness (QED) is 0.794. The lowest BCUT2D eigenvalue weighted by Crippen LogP contribution is -2.35. The molecule has 0 radical (unpaired) electrons. The van der Waals surface area contributed by atoms with Crippen molar-refractivity contribution in [1.82, 2.24) is 4.90 Å². The molecule has 2 aromatic rings. The second-order valence-electron chi connectivity index (χ2n) is 5.66. The Bertz CT molecular complexity index is 735. The van der Waals surface area contributed by atoms with Gasteiger partial charge in [0.15, 0.2) is 11.5 Å². The zero-order valence-electron chi connectivity index (χ0n) is 14.2. The molecule has 0 aromatic heterocycles. The lowest BCUT2D eigenvalue weighted by atomic mass is 9.99. The van der Waals surface area contributed by atoms with Crippen LogP contribution in [0.25, 0.3) is 0 Å². The molecule has 0 fully saturated rings. The first kappa shape index (κ1) is 16.6. The van der Waals surface area contributed by atoms with E-state index in [-0.39, 0.29) is 0 Å². The normalized spacial score (nSPS) is 13.2. The molecule has 0 aliphatic carbocycles. The van der Waals surface area contributed by atoms with E-state index in [1.807, 2.05) is 12.1 Å². The van der Waals surface area contributed by atoms with E-state index in [1.54, 1.807) is 21.3 Å². The molecule has 2 aromatic carbocycles. The Kier molecular flexibility index (Phi) is 4.90. The zero-order valence-corrected chi connectivity index (χ0v) is 15.0.